The first-order chi connectivity index (χ1) is 8.02. The summed E-state index contributed by atoms with van der Waals surface area (Å²) in [7, 11) is 0. The summed E-state index contributed by atoms with van der Waals surface area (Å²) in [6.45, 7) is 0.137. The first-order valence-corrected chi connectivity index (χ1v) is 5.29. The summed E-state index contributed by atoms with van der Waals surface area (Å²) >= 11 is 0. The second-order valence-electron chi connectivity index (χ2n) is 4.30. The molecule has 0 aromatic rings. The van der Waals surface area contributed by atoms with Crippen molar-refractivity contribution < 1.29 is 35.8 Å². The van der Waals surface area contributed by atoms with Crippen LogP contribution in [-0.4, -0.2) is 24.7 Å². The van der Waals surface area contributed by atoms with E-state index in [9.17, 15) is 26.3 Å². The molecule has 1 saturated carbocycles. The van der Waals surface area contributed by atoms with Crippen LogP contribution in [0.15, 0.2) is 0 Å². The predicted octanol–water partition coefficient (Wildman–Crippen LogP) is 3.82. The van der Waals surface area contributed by atoms with Gasteiger partial charge in [0.25, 0.3) is 0 Å². The molecular weight excluding hydrogens is 266 g/mol. The normalized spacial score (nSPS) is 20.8. The fourth-order valence-corrected chi connectivity index (χ4v) is 1.38. The summed E-state index contributed by atoms with van der Waals surface area (Å²) in [5, 5.41) is 0. The van der Waals surface area contributed by atoms with Gasteiger partial charge in [-0.1, -0.05) is 0 Å². The Morgan fingerprint density at radius 2 is 1.61 bits per heavy atom. The highest BCUT2D eigenvalue weighted by molar-refractivity contribution is 4.87. The molecule has 0 spiro atoms. The van der Waals surface area contributed by atoms with Crippen LogP contribution in [0.5, 0.6) is 0 Å². The molecule has 1 unspecified atom stereocenters. The molecule has 1 aliphatic rings. The van der Waals surface area contributed by atoms with E-state index in [4.69, 9.17) is 4.74 Å². The molecule has 0 aromatic carbocycles. The first kappa shape index (κ1) is 15.6. The summed E-state index contributed by atoms with van der Waals surface area (Å²) in [6, 6.07) is 0. The van der Waals surface area contributed by atoms with Gasteiger partial charge in [0.1, 0.15) is 6.61 Å². The Morgan fingerprint density at radius 1 is 1.06 bits per heavy atom. The fourth-order valence-electron chi connectivity index (χ4n) is 1.38. The van der Waals surface area contributed by atoms with Gasteiger partial charge in [-0.05, 0) is 19.8 Å². The molecule has 1 atom stereocenters. The van der Waals surface area contributed by atoms with Gasteiger partial charge in [-0.2, -0.15) is 26.3 Å². The third kappa shape index (κ3) is 5.90. The fraction of sp³-hybridized carbons (Fsp3) is 0.900. The maximum absolute atomic E-state index is 12.0. The lowest BCUT2D eigenvalue weighted by Crippen LogP contribution is -2.38. The zero-order valence-electron chi connectivity index (χ0n) is 9.57. The second-order valence-corrected chi connectivity index (χ2v) is 4.30. The average molecular weight is 279 g/mol. The average Bonchev–Trinajstić information content (AvgIpc) is 2.94. The molecular formula is C10H13F6O2. The Kier molecular flexibility index (Phi) is 4.53. The van der Waals surface area contributed by atoms with Gasteiger partial charge in [0.2, 0.25) is 0 Å². The smallest absolute Gasteiger partial charge is 0.344 e. The van der Waals surface area contributed by atoms with Crippen molar-refractivity contribution in [1.29, 1.82) is 0 Å². The van der Waals surface area contributed by atoms with E-state index in [-0.39, 0.29) is 5.92 Å². The highest BCUT2D eigenvalue weighted by Crippen LogP contribution is 2.44. The number of hydrogen-bond acceptors (Lipinski definition) is 2. The van der Waals surface area contributed by atoms with E-state index in [0.717, 1.165) is 0 Å². The number of halogens is 6. The molecule has 1 rings (SSSR count). The lowest BCUT2D eigenvalue weighted by molar-refractivity contribution is -0.278. The summed E-state index contributed by atoms with van der Waals surface area (Å²) in [4.78, 5) is 0. The third-order valence-electron chi connectivity index (χ3n) is 2.47. The van der Waals surface area contributed by atoms with Gasteiger partial charge in [-0.15, -0.1) is 0 Å². The lowest BCUT2D eigenvalue weighted by Gasteiger charge is -2.30. The number of alkyl halides is 6. The molecule has 107 valence electrons. The van der Waals surface area contributed by atoms with E-state index in [1.165, 1.54) is 6.92 Å². The number of ether oxygens (including phenoxy) is 2. The summed E-state index contributed by atoms with van der Waals surface area (Å²) < 4.78 is 81.0. The van der Waals surface area contributed by atoms with Gasteiger partial charge in [-0.3, -0.25) is 0 Å². The SMILES string of the molecule is CC(O[CH]CC(F)(F)F)(OCC(F)(F)F)C1CC1. The monoisotopic (exact) mass is 279 g/mol. The van der Waals surface area contributed by atoms with Crippen molar-refractivity contribution >= 4 is 0 Å². The second kappa shape index (κ2) is 5.24. The maximum atomic E-state index is 12.0. The van der Waals surface area contributed by atoms with Crippen molar-refractivity contribution in [3.63, 3.8) is 0 Å². The van der Waals surface area contributed by atoms with Crippen LogP contribution in [0.2, 0.25) is 0 Å². The summed E-state index contributed by atoms with van der Waals surface area (Å²) in [5.74, 6) is -1.94. The van der Waals surface area contributed by atoms with E-state index in [0.29, 0.717) is 19.4 Å². The minimum atomic E-state index is -4.54. The van der Waals surface area contributed by atoms with Gasteiger partial charge < -0.3 is 9.47 Å². The van der Waals surface area contributed by atoms with Gasteiger partial charge in [0.15, 0.2) is 5.79 Å². The van der Waals surface area contributed by atoms with Crippen molar-refractivity contribution in [3.05, 3.63) is 6.61 Å². The van der Waals surface area contributed by atoms with Crippen molar-refractivity contribution in [2.45, 2.75) is 44.3 Å². The Hall–Kier alpha value is -0.500. The topological polar surface area (TPSA) is 18.5 Å². The van der Waals surface area contributed by atoms with E-state index >= 15 is 0 Å². The van der Waals surface area contributed by atoms with Crippen LogP contribution in [-0.2, 0) is 9.47 Å². The van der Waals surface area contributed by atoms with Gasteiger partial charge in [0.05, 0.1) is 13.0 Å². The Balaban J connectivity index is 2.43. The number of rotatable bonds is 6. The summed E-state index contributed by atoms with van der Waals surface area (Å²) in [6.07, 6.45) is -9.16. The molecule has 0 aromatic heterocycles. The lowest BCUT2D eigenvalue weighted by atomic mass is 10.2. The van der Waals surface area contributed by atoms with Crippen LogP contribution in [0, 0.1) is 12.5 Å². The Labute approximate surface area is 100 Å². The van der Waals surface area contributed by atoms with Crippen LogP contribution >= 0.6 is 0 Å². The molecule has 0 amide bonds. The van der Waals surface area contributed by atoms with Crippen LogP contribution in [0.4, 0.5) is 26.3 Å². The van der Waals surface area contributed by atoms with Gasteiger partial charge >= 0.3 is 12.4 Å². The first-order valence-electron chi connectivity index (χ1n) is 5.29. The molecule has 0 heterocycles. The van der Waals surface area contributed by atoms with Crippen molar-refractivity contribution in [2.24, 2.45) is 5.92 Å². The highest BCUT2D eigenvalue weighted by atomic mass is 19.4. The third-order valence-corrected chi connectivity index (χ3v) is 2.47. The molecule has 0 aliphatic heterocycles. The Morgan fingerprint density at radius 3 is 2.00 bits per heavy atom. The molecule has 1 radical (unpaired) electrons. The molecule has 8 heteroatoms. The largest absolute Gasteiger partial charge is 0.411 e. The predicted molar refractivity (Wildman–Crippen MR) is 49.2 cm³/mol. The van der Waals surface area contributed by atoms with E-state index in [1.807, 2.05) is 0 Å². The molecule has 0 saturated heterocycles. The van der Waals surface area contributed by atoms with Crippen molar-refractivity contribution in [1.82, 2.24) is 0 Å². The zero-order chi connectivity index (χ0) is 14.0. The minimum Gasteiger partial charge on any atom is -0.344 e. The van der Waals surface area contributed by atoms with E-state index < -0.39 is 31.2 Å². The number of hydrogen-bond donors (Lipinski definition) is 0. The molecule has 2 nitrogen and oxygen atoms in total. The van der Waals surface area contributed by atoms with Crippen LogP contribution in [0.3, 0.4) is 0 Å². The van der Waals surface area contributed by atoms with Crippen LogP contribution < -0.4 is 0 Å². The van der Waals surface area contributed by atoms with E-state index in [2.05, 4.69) is 4.74 Å². The Bertz CT molecular complexity index is 271. The zero-order valence-corrected chi connectivity index (χ0v) is 9.57. The van der Waals surface area contributed by atoms with Crippen molar-refractivity contribution in [2.75, 3.05) is 6.61 Å². The molecule has 1 fully saturated rings. The minimum absolute atomic E-state index is 0.302. The molecule has 0 bridgehead atoms. The van der Waals surface area contributed by atoms with Gasteiger partial charge in [-0.25, -0.2) is 0 Å². The molecule has 0 N–H and O–H groups in total. The summed E-state index contributed by atoms with van der Waals surface area (Å²) in [5.41, 5.74) is 0. The maximum Gasteiger partial charge on any atom is 0.411 e. The molecule has 18 heavy (non-hydrogen) atoms. The van der Waals surface area contributed by atoms with Crippen molar-refractivity contribution in [3.8, 4) is 0 Å². The quantitative estimate of drug-likeness (QED) is 0.543. The van der Waals surface area contributed by atoms with Crippen LogP contribution in [0.1, 0.15) is 26.2 Å². The van der Waals surface area contributed by atoms with Crippen LogP contribution in [0.25, 0.3) is 0 Å². The van der Waals surface area contributed by atoms with E-state index in [1.54, 1.807) is 0 Å². The highest BCUT2D eigenvalue weighted by Gasteiger charge is 2.46. The standard InChI is InChI=1S/C10H13F6O2/c1-8(7-2-3-7,18-6-10(14,15)16)17-5-4-9(11,12)13/h5,7H,2-4,6H2,1H3. The van der Waals surface area contributed by atoms with Gasteiger partial charge in [0, 0.05) is 5.92 Å². The molecule has 1 aliphatic carbocycles.